The molecule has 0 radical (unpaired) electrons. The van der Waals surface area contributed by atoms with Crippen molar-refractivity contribution < 1.29 is 28.6 Å². The quantitative estimate of drug-likeness (QED) is 0.314. The van der Waals surface area contributed by atoms with Crippen molar-refractivity contribution in [3.63, 3.8) is 0 Å². The van der Waals surface area contributed by atoms with Crippen LogP contribution in [0.4, 0.5) is 0 Å². The molecule has 2 aromatic carbocycles. The zero-order valence-corrected chi connectivity index (χ0v) is 19.6. The molecular weight excluding hydrogens is 458 g/mol. The van der Waals surface area contributed by atoms with Crippen molar-refractivity contribution in [2.45, 2.75) is 19.1 Å². The van der Waals surface area contributed by atoms with Crippen LogP contribution in [0.3, 0.4) is 0 Å². The summed E-state index contributed by atoms with van der Waals surface area (Å²) in [5.74, 6) is -0.700. The van der Waals surface area contributed by atoms with Crippen LogP contribution in [0.25, 0.3) is 0 Å². The average Bonchev–Trinajstić information content (AvgIpc) is 2.85. The minimum atomic E-state index is -0.874. The molecule has 2 amide bonds. The maximum absolute atomic E-state index is 12.7. The van der Waals surface area contributed by atoms with Crippen molar-refractivity contribution >= 4 is 35.1 Å². The van der Waals surface area contributed by atoms with Crippen LogP contribution in [0.15, 0.2) is 54.6 Å². The molecule has 1 atom stereocenters. The molecule has 0 bridgehead atoms. The Hall–Kier alpha value is -3.50. The number of nitrogens with zero attached hydrogens (tertiary/aromatic N) is 1. The van der Waals surface area contributed by atoms with Gasteiger partial charge in [0.1, 0.15) is 25.0 Å². The summed E-state index contributed by atoms with van der Waals surface area (Å²) in [7, 11) is 1.59. The Bertz CT molecular complexity index is 1000. The molecule has 1 saturated heterocycles. The summed E-state index contributed by atoms with van der Waals surface area (Å²) < 4.78 is 15.7. The lowest BCUT2D eigenvalue weighted by Gasteiger charge is -2.36. The van der Waals surface area contributed by atoms with Gasteiger partial charge in [0.25, 0.3) is 5.91 Å². The molecule has 1 fully saturated rings. The van der Waals surface area contributed by atoms with Gasteiger partial charge < -0.3 is 24.4 Å². The van der Waals surface area contributed by atoms with E-state index in [1.807, 2.05) is 30.3 Å². The third-order valence-corrected chi connectivity index (χ3v) is 5.42. The van der Waals surface area contributed by atoms with Crippen molar-refractivity contribution in [2.24, 2.45) is 0 Å². The van der Waals surface area contributed by atoms with E-state index in [1.165, 1.54) is 4.90 Å². The highest BCUT2D eigenvalue weighted by atomic mass is 32.1. The molecule has 1 heterocycles. The summed E-state index contributed by atoms with van der Waals surface area (Å²) in [6, 6.07) is 15.0. The lowest BCUT2D eigenvalue weighted by atomic mass is 10.1. The third kappa shape index (κ3) is 7.26. The van der Waals surface area contributed by atoms with Gasteiger partial charge in [0.05, 0.1) is 13.0 Å². The van der Waals surface area contributed by atoms with E-state index in [0.717, 1.165) is 5.56 Å². The molecule has 34 heavy (non-hydrogen) atoms. The first-order chi connectivity index (χ1) is 16.5. The topological polar surface area (TPSA) is 106 Å². The minimum absolute atomic E-state index is 0.0705. The van der Waals surface area contributed by atoms with Crippen molar-refractivity contribution in [3.05, 3.63) is 65.7 Å². The van der Waals surface area contributed by atoms with Crippen LogP contribution in [0, 0.1) is 0 Å². The van der Waals surface area contributed by atoms with E-state index in [4.69, 9.17) is 26.4 Å². The second kappa shape index (κ2) is 12.7. The lowest BCUT2D eigenvalue weighted by Crippen LogP contribution is -2.60. The molecule has 1 aliphatic heterocycles. The van der Waals surface area contributed by atoms with Crippen LogP contribution in [0.2, 0.25) is 0 Å². The number of methoxy groups -OCH3 is 1. The number of esters is 1. The van der Waals surface area contributed by atoms with Gasteiger partial charge in [0.15, 0.2) is 5.11 Å². The van der Waals surface area contributed by atoms with Crippen molar-refractivity contribution in [2.75, 3.05) is 33.4 Å². The van der Waals surface area contributed by atoms with Crippen LogP contribution in [-0.4, -0.2) is 67.3 Å². The molecule has 0 aliphatic carbocycles. The summed E-state index contributed by atoms with van der Waals surface area (Å²) >= 11 is 5.39. The van der Waals surface area contributed by atoms with Gasteiger partial charge in [-0.2, -0.15) is 0 Å². The molecule has 1 unspecified atom stereocenters. The highest BCUT2D eigenvalue weighted by molar-refractivity contribution is 7.80. The summed E-state index contributed by atoms with van der Waals surface area (Å²) in [5.41, 5.74) is 1.22. The molecule has 9 nitrogen and oxygen atoms in total. The van der Waals surface area contributed by atoms with Crippen LogP contribution in [-0.2, 0) is 25.7 Å². The Morgan fingerprint density at radius 2 is 1.85 bits per heavy atom. The van der Waals surface area contributed by atoms with E-state index in [9.17, 15) is 14.4 Å². The normalized spacial score (nSPS) is 15.3. The van der Waals surface area contributed by atoms with E-state index in [-0.39, 0.29) is 24.0 Å². The molecular formula is C24H27N3O6S. The summed E-state index contributed by atoms with van der Waals surface area (Å²) in [4.78, 5) is 39.1. The first kappa shape index (κ1) is 25.1. The number of benzene rings is 2. The number of piperazine rings is 1. The Kier molecular flexibility index (Phi) is 9.36. The van der Waals surface area contributed by atoms with Gasteiger partial charge in [0.2, 0.25) is 5.91 Å². The van der Waals surface area contributed by atoms with Crippen molar-refractivity contribution in [3.8, 4) is 5.75 Å². The standard InChI is InChI=1S/C24H27N3O6S/c1-31-13-14-32-19-9-7-18(8-10-19)22(29)26-24(34)27-12-11-25-23(30)20(27)15-21(28)33-16-17-5-3-2-4-6-17/h2-10,20H,11-16H2,1H3,(H,25,30)(H,26,29,34). The third-order valence-electron chi connectivity index (χ3n) is 5.09. The van der Waals surface area contributed by atoms with E-state index < -0.39 is 17.9 Å². The van der Waals surface area contributed by atoms with Gasteiger partial charge in [-0.25, -0.2) is 0 Å². The number of nitrogens with one attached hydrogen (secondary N) is 2. The lowest BCUT2D eigenvalue weighted by molar-refractivity contribution is -0.148. The average molecular weight is 486 g/mol. The molecule has 2 N–H and O–H groups in total. The number of carbonyl (C=O) groups is 3. The number of hydrogen-bond donors (Lipinski definition) is 2. The number of hydrogen-bond acceptors (Lipinski definition) is 7. The van der Waals surface area contributed by atoms with Gasteiger partial charge in [-0.3, -0.25) is 19.7 Å². The van der Waals surface area contributed by atoms with Crippen LogP contribution in [0.5, 0.6) is 5.75 Å². The number of thiocarbonyl (C=S) groups is 1. The van der Waals surface area contributed by atoms with Crippen LogP contribution < -0.4 is 15.4 Å². The van der Waals surface area contributed by atoms with Crippen LogP contribution >= 0.6 is 12.2 Å². The first-order valence-electron chi connectivity index (χ1n) is 10.8. The number of carbonyl (C=O) groups excluding carboxylic acids is 3. The molecule has 3 rings (SSSR count). The van der Waals surface area contributed by atoms with E-state index in [1.54, 1.807) is 31.4 Å². The fourth-order valence-corrected chi connectivity index (χ4v) is 3.61. The highest BCUT2D eigenvalue weighted by Gasteiger charge is 2.34. The Labute approximate surface area is 203 Å². The van der Waals surface area contributed by atoms with Crippen molar-refractivity contribution in [1.29, 1.82) is 0 Å². The monoisotopic (exact) mass is 485 g/mol. The summed E-state index contributed by atoms with van der Waals surface area (Å²) in [5, 5.41) is 5.44. The molecule has 10 heteroatoms. The maximum Gasteiger partial charge on any atom is 0.308 e. The fraction of sp³-hybridized carbons (Fsp3) is 0.333. The van der Waals surface area contributed by atoms with E-state index in [2.05, 4.69) is 10.6 Å². The van der Waals surface area contributed by atoms with Gasteiger partial charge in [0, 0.05) is 25.8 Å². The molecule has 2 aromatic rings. The van der Waals surface area contributed by atoms with E-state index >= 15 is 0 Å². The molecule has 0 spiro atoms. The van der Waals surface area contributed by atoms with Gasteiger partial charge in [-0.15, -0.1) is 0 Å². The summed E-state index contributed by atoms with van der Waals surface area (Å²) in [6.07, 6.45) is -0.192. The Balaban J connectivity index is 1.56. The zero-order valence-electron chi connectivity index (χ0n) is 18.8. The number of rotatable bonds is 9. The number of amides is 2. The Morgan fingerprint density at radius 3 is 2.56 bits per heavy atom. The smallest absolute Gasteiger partial charge is 0.308 e. The summed E-state index contributed by atoms with van der Waals surface area (Å²) in [6.45, 7) is 1.67. The van der Waals surface area contributed by atoms with Gasteiger partial charge >= 0.3 is 5.97 Å². The van der Waals surface area contributed by atoms with Crippen LogP contribution in [0.1, 0.15) is 22.3 Å². The fourth-order valence-electron chi connectivity index (χ4n) is 3.30. The van der Waals surface area contributed by atoms with Gasteiger partial charge in [-0.1, -0.05) is 30.3 Å². The second-order valence-electron chi connectivity index (χ2n) is 7.48. The second-order valence-corrected chi connectivity index (χ2v) is 7.86. The van der Waals surface area contributed by atoms with Gasteiger partial charge in [-0.05, 0) is 42.0 Å². The largest absolute Gasteiger partial charge is 0.491 e. The zero-order chi connectivity index (χ0) is 24.3. The SMILES string of the molecule is COCCOc1ccc(C(=O)NC(=S)N2CCNC(=O)C2CC(=O)OCc2ccccc2)cc1. The minimum Gasteiger partial charge on any atom is -0.491 e. The molecule has 180 valence electrons. The predicted octanol–water partition coefficient (Wildman–Crippen LogP) is 1.66. The van der Waals surface area contributed by atoms with E-state index in [0.29, 0.717) is 37.6 Å². The highest BCUT2D eigenvalue weighted by Crippen LogP contribution is 2.14. The Morgan fingerprint density at radius 1 is 1.12 bits per heavy atom. The molecule has 0 aromatic heterocycles. The molecule has 0 saturated carbocycles. The van der Waals surface area contributed by atoms with Crippen molar-refractivity contribution in [1.82, 2.24) is 15.5 Å². The predicted molar refractivity (Wildman–Crippen MR) is 128 cm³/mol. The maximum atomic E-state index is 12.7. The molecule has 1 aliphatic rings. The number of ether oxygens (including phenoxy) is 3. The first-order valence-corrected chi connectivity index (χ1v) is 11.2.